The molecule has 0 amide bonds. The van der Waals surface area contributed by atoms with Crippen LogP contribution in [0, 0.1) is 0 Å². The van der Waals surface area contributed by atoms with E-state index in [9.17, 15) is 10.0 Å². The molecule has 0 bridgehead atoms. The Bertz CT molecular complexity index is 6190. The molecule has 20 rings (SSSR count). The lowest BCUT2D eigenvalue weighted by Gasteiger charge is -2.34. The molecule has 0 saturated carbocycles. The Labute approximate surface area is 647 Å². The molecule has 18 aromatic rings. The molecule has 2 N–H and O–H groups in total. The first-order valence-electron chi connectivity index (χ1n) is 36.8. The van der Waals surface area contributed by atoms with Gasteiger partial charge >= 0.3 is 7.12 Å². The molecule has 0 radical (unpaired) electrons. The summed E-state index contributed by atoms with van der Waals surface area (Å²) < 4.78 is 0.959. The lowest BCUT2D eigenvalue weighted by molar-refractivity contribution is 0.425. The topological polar surface area (TPSA) is 118 Å². The monoisotopic (exact) mass is 1470 g/mol. The van der Waals surface area contributed by atoms with Gasteiger partial charge in [0.1, 0.15) is 0 Å². The fourth-order valence-electron chi connectivity index (χ4n) is 16.3. The summed E-state index contributed by atoms with van der Waals surface area (Å²) in [5, 5.41) is 24.2. The van der Waals surface area contributed by atoms with Gasteiger partial charge in [-0.2, -0.15) is 0 Å². The number of hydrogen-bond donors (Lipinski definition) is 2. The highest BCUT2D eigenvalue weighted by molar-refractivity contribution is 9.10. The van der Waals surface area contributed by atoms with Gasteiger partial charge in [-0.05, 0) is 117 Å². The molecule has 520 valence electrons. The molecule has 2 aliphatic carbocycles. The van der Waals surface area contributed by atoms with Gasteiger partial charge in [-0.25, -0.2) is 29.9 Å². The second-order valence-corrected chi connectivity index (χ2v) is 28.3. The van der Waals surface area contributed by atoms with Gasteiger partial charge in [0.2, 0.25) is 0 Å². The van der Waals surface area contributed by atoms with Crippen LogP contribution in [-0.2, 0) is 10.8 Å². The van der Waals surface area contributed by atoms with E-state index in [4.69, 9.17) is 29.9 Å². The number of nitrogens with zero attached hydrogens (tertiary/aromatic N) is 6. The van der Waals surface area contributed by atoms with Gasteiger partial charge in [0, 0.05) is 37.9 Å². The summed E-state index contributed by atoms with van der Waals surface area (Å²) in [5.41, 5.74) is 21.9. The number of halogens is 1. The Balaban J connectivity index is 0.000000126. The highest BCUT2D eigenvalue weighted by Gasteiger charge is 2.48. The minimum atomic E-state index is -1.50. The SMILES string of the molecule is Brc1ccc2ccccc2c1-c1nc(-c2ccccc2)nc(-c2ccccc2)n1.OB(O)c1ccc2c(c1)C(c1ccccc1)(c1ccccc1)c1ccccc1-2.c1ccc(-c2nc(-c3ccccc3)nc(-c3c(-c4ccc5c(c4)C(c4ccccc4)(c4ccccc4)c4ccccc4-5)ccc4ccccc34)n2)cc1. The van der Waals surface area contributed by atoms with Crippen molar-refractivity contribution in [2.45, 2.75) is 10.8 Å². The summed E-state index contributed by atoms with van der Waals surface area (Å²) in [6.45, 7) is 0. The normalized spacial score (nSPS) is 12.5. The van der Waals surface area contributed by atoms with Crippen LogP contribution in [0.4, 0.5) is 0 Å². The molecule has 2 aromatic heterocycles. The smallest absolute Gasteiger partial charge is 0.423 e. The predicted octanol–water partition coefficient (Wildman–Crippen LogP) is 22.6. The van der Waals surface area contributed by atoms with Crippen LogP contribution < -0.4 is 5.46 Å². The maximum atomic E-state index is 9.84. The van der Waals surface area contributed by atoms with E-state index in [1.807, 2.05) is 140 Å². The Morgan fingerprint density at radius 2 is 0.527 bits per heavy atom. The first-order valence-corrected chi connectivity index (χ1v) is 37.6. The summed E-state index contributed by atoms with van der Waals surface area (Å²) in [6, 6.07) is 139. The largest absolute Gasteiger partial charge is 0.488 e. The molecule has 0 unspecified atom stereocenters. The lowest BCUT2D eigenvalue weighted by Crippen LogP contribution is -2.33. The Hall–Kier alpha value is -13.5. The van der Waals surface area contributed by atoms with Crippen molar-refractivity contribution in [3.63, 3.8) is 0 Å². The summed E-state index contributed by atoms with van der Waals surface area (Å²) in [5.74, 6) is 3.91. The highest BCUT2D eigenvalue weighted by atomic mass is 79.9. The predicted molar refractivity (Wildman–Crippen MR) is 451 cm³/mol. The number of hydrogen-bond acceptors (Lipinski definition) is 8. The second-order valence-electron chi connectivity index (χ2n) is 27.4. The Morgan fingerprint density at radius 1 is 0.227 bits per heavy atom. The molecule has 0 fully saturated rings. The first-order chi connectivity index (χ1) is 54.3. The zero-order valence-corrected chi connectivity index (χ0v) is 61.2. The van der Waals surface area contributed by atoms with Crippen LogP contribution in [0.1, 0.15) is 44.5 Å². The number of benzene rings is 16. The third-order valence-corrected chi connectivity index (χ3v) is 21.9. The van der Waals surface area contributed by atoms with E-state index in [1.165, 1.54) is 44.5 Å². The van der Waals surface area contributed by atoms with Crippen molar-refractivity contribution in [2.75, 3.05) is 0 Å². The van der Waals surface area contributed by atoms with E-state index < -0.39 is 17.9 Å². The Kier molecular flexibility index (Phi) is 18.5. The van der Waals surface area contributed by atoms with Crippen molar-refractivity contribution in [1.82, 2.24) is 29.9 Å². The van der Waals surface area contributed by atoms with Crippen LogP contribution in [-0.4, -0.2) is 47.1 Å². The van der Waals surface area contributed by atoms with Crippen molar-refractivity contribution < 1.29 is 10.0 Å². The van der Waals surface area contributed by atoms with E-state index in [0.29, 0.717) is 40.4 Å². The van der Waals surface area contributed by atoms with Crippen LogP contribution in [0.15, 0.2) is 405 Å². The van der Waals surface area contributed by atoms with Crippen molar-refractivity contribution in [1.29, 1.82) is 0 Å². The summed E-state index contributed by atoms with van der Waals surface area (Å²) in [4.78, 5) is 30.0. The number of fused-ring (bicyclic) bond motifs is 8. The average molecular weight is 1480 g/mol. The van der Waals surface area contributed by atoms with E-state index in [1.54, 1.807) is 6.07 Å². The number of rotatable bonds is 12. The molecular weight excluding hydrogens is 1410 g/mol. The van der Waals surface area contributed by atoms with Gasteiger partial charge in [-0.3, -0.25) is 0 Å². The lowest BCUT2D eigenvalue weighted by atomic mass is 9.66. The van der Waals surface area contributed by atoms with Gasteiger partial charge in [0.15, 0.2) is 34.9 Å². The van der Waals surface area contributed by atoms with Crippen molar-refractivity contribution in [2.24, 2.45) is 0 Å². The van der Waals surface area contributed by atoms with Crippen LogP contribution >= 0.6 is 15.9 Å². The van der Waals surface area contributed by atoms with Crippen LogP contribution in [0.2, 0.25) is 0 Å². The molecular formula is C100H68BBrN6O2. The molecule has 10 heteroatoms. The van der Waals surface area contributed by atoms with Crippen molar-refractivity contribution >= 4 is 50.1 Å². The molecule has 8 nitrogen and oxygen atoms in total. The molecule has 0 spiro atoms. The van der Waals surface area contributed by atoms with Crippen LogP contribution in [0.5, 0.6) is 0 Å². The fourth-order valence-corrected chi connectivity index (χ4v) is 16.8. The maximum Gasteiger partial charge on any atom is 0.488 e. The summed E-state index contributed by atoms with van der Waals surface area (Å²) in [7, 11) is -1.50. The summed E-state index contributed by atoms with van der Waals surface area (Å²) in [6.07, 6.45) is 0. The van der Waals surface area contributed by atoms with E-state index in [0.717, 1.165) is 92.8 Å². The molecule has 0 saturated heterocycles. The van der Waals surface area contributed by atoms with E-state index >= 15 is 0 Å². The molecule has 110 heavy (non-hydrogen) atoms. The van der Waals surface area contributed by atoms with Crippen LogP contribution in [0.25, 0.3) is 123 Å². The van der Waals surface area contributed by atoms with Gasteiger partial charge in [-0.15, -0.1) is 0 Å². The van der Waals surface area contributed by atoms with Crippen LogP contribution in [0.3, 0.4) is 0 Å². The van der Waals surface area contributed by atoms with Gasteiger partial charge in [0.05, 0.1) is 10.8 Å². The third-order valence-electron chi connectivity index (χ3n) is 21.2. The van der Waals surface area contributed by atoms with E-state index in [2.05, 4.69) is 271 Å². The highest BCUT2D eigenvalue weighted by Crippen LogP contribution is 2.58. The summed E-state index contributed by atoms with van der Waals surface area (Å²) >= 11 is 3.72. The molecule has 0 atom stereocenters. The Morgan fingerprint density at radius 3 is 0.936 bits per heavy atom. The minimum absolute atomic E-state index is 0.501. The zero-order chi connectivity index (χ0) is 74.0. The fraction of sp³-hybridized carbons (Fsp3) is 0.0200. The second kappa shape index (κ2) is 29.7. The minimum Gasteiger partial charge on any atom is -0.423 e. The van der Waals surface area contributed by atoms with Gasteiger partial charge < -0.3 is 10.0 Å². The quantitative estimate of drug-likeness (QED) is 0.116. The molecule has 2 aliphatic rings. The number of aromatic nitrogens is 6. The average Bonchev–Trinajstić information content (AvgIpc) is 1.52. The van der Waals surface area contributed by atoms with Crippen molar-refractivity contribution in [3.8, 4) is 102 Å². The standard InChI is InChI=1S/C50H33N3.C25H19BO2.C25H16BrN3/c1-5-18-35(19-6-1)47-51-48(36-20-7-2-8-21-36)53-49(52-47)46-40-26-14-13-17-34(40)29-31-41(46)37-30-32-43-42-27-15-16-28-44(42)50(45(43)33-37,38-22-9-3-10-23-38)39-24-11-4-12-25-39;27-26(28)20-15-16-22-21-13-7-8-14-23(21)25(24(22)17-20,18-9-3-1-4-10-18)19-11-5-2-6-12-19;26-21-16-15-17-9-7-8-14-20(17)22(21)25-28-23(18-10-3-1-4-11-18)27-24(29-25)19-12-5-2-6-13-19/h1-33H;1-17,27-28H;1-16H. The third kappa shape index (κ3) is 12.4. The van der Waals surface area contributed by atoms with Crippen molar-refractivity contribution in [3.05, 3.63) is 449 Å². The zero-order valence-electron chi connectivity index (χ0n) is 59.6. The first kappa shape index (κ1) is 68.3. The molecule has 0 aliphatic heterocycles. The van der Waals surface area contributed by atoms with Gasteiger partial charge in [-0.1, -0.05) is 404 Å². The molecule has 2 heterocycles. The van der Waals surface area contributed by atoms with Gasteiger partial charge in [0.25, 0.3) is 0 Å². The molecule has 16 aromatic carbocycles. The van der Waals surface area contributed by atoms with E-state index in [-0.39, 0.29) is 0 Å². The maximum absolute atomic E-state index is 9.84.